The molecule has 0 atom stereocenters. The number of rotatable bonds is 3. The van der Waals surface area contributed by atoms with Crippen LogP contribution in [0.25, 0.3) is 0 Å². The minimum absolute atomic E-state index is 0.154. The molecule has 0 radical (unpaired) electrons. The van der Waals surface area contributed by atoms with Gasteiger partial charge in [-0.15, -0.1) is 0 Å². The summed E-state index contributed by atoms with van der Waals surface area (Å²) in [6.07, 6.45) is 1.37. The highest BCUT2D eigenvalue weighted by atomic mass is 35.5. The van der Waals surface area contributed by atoms with Crippen LogP contribution >= 0.6 is 11.6 Å². The normalized spacial score (nSPS) is 9.68. The number of benzene rings is 1. The van der Waals surface area contributed by atoms with E-state index in [1.165, 1.54) is 36.5 Å². The number of hydrogen-bond donors (Lipinski definition) is 0. The summed E-state index contributed by atoms with van der Waals surface area (Å²) >= 11 is 5.92. The summed E-state index contributed by atoms with van der Waals surface area (Å²) < 4.78 is 5.31. The summed E-state index contributed by atoms with van der Waals surface area (Å²) in [5, 5.41) is 19.7. The Hall–Kier alpha value is -2.65. The molecule has 6 nitrogen and oxygen atoms in total. The van der Waals surface area contributed by atoms with Crippen molar-refractivity contribution in [1.29, 1.82) is 5.26 Å². The molecule has 0 aliphatic rings. The summed E-state index contributed by atoms with van der Waals surface area (Å²) in [6, 6.07) is 9.00. The molecule has 7 heteroatoms. The number of ether oxygens (including phenoxy) is 1. The van der Waals surface area contributed by atoms with Gasteiger partial charge in [-0.05, 0) is 24.3 Å². The predicted octanol–water partition coefficient (Wildman–Crippen LogP) is 3.31. The van der Waals surface area contributed by atoms with Crippen molar-refractivity contribution in [2.75, 3.05) is 0 Å². The topological polar surface area (TPSA) is 89.0 Å². The van der Waals surface area contributed by atoms with Crippen molar-refractivity contribution >= 4 is 17.3 Å². The molecule has 2 aromatic rings. The van der Waals surface area contributed by atoms with E-state index in [9.17, 15) is 10.1 Å². The second-order valence-electron chi connectivity index (χ2n) is 3.44. The summed E-state index contributed by atoms with van der Waals surface area (Å²) in [5.41, 5.74) is 0.107. The van der Waals surface area contributed by atoms with Gasteiger partial charge in [0, 0.05) is 12.3 Å². The van der Waals surface area contributed by atoms with Gasteiger partial charge in [0.25, 0.3) is 5.88 Å². The van der Waals surface area contributed by atoms with Crippen molar-refractivity contribution in [2.45, 2.75) is 0 Å². The van der Waals surface area contributed by atoms with Gasteiger partial charge in [0.15, 0.2) is 0 Å². The first-order valence-corrected chi connectivity index (χ1v) is 5.46. The first-order valence-electron chi connectivity index (χ1n) is 5.08. The summed E-state index contributed by atoms with van der Waals surface area (Å²) in [4.78, 5) is 14.0. The Bertz CT molecular complexity index is 682. The Kier molecular flexibility index (Phi) is 3.59. The van der Waals surface area contributed by atoms with Gasteiger partial charge in [0.05, 0.1) is 21.6 Å². The van der Waals surface area contributed by atoms with Crippen LogP contribution in [0.2, 0.25) is 5.02 Å². The molecule has 0 saturated carbocycles. The minimum atomic E-state index is -0.597. The second kappa shape index (κ2) is 5.33. The van der Waals surface area contributed by atoms with Crippen molar-refractivity contribution in [3.8, 4) is 17.7 Å². The number of halogens is 1. The van der Waals surface area contributed by atoms with E-state index in [1.807, 2.05) is 6.07 Å². The minimum Gasteiger partial charge on any atom is -0.432 e. The summed E-state index contributed by atoms with van der Waals surface area (Å²) in [6.45, 7) is 0. The Balaban J connectivity index is 2.37. The Morgan fingerprint density at radius 2 is 2.21 bits per heavy atom. The molecule has 0 fully saturated rings. The molecule has 0 N–H and O–H groups in total. The van der Waals surface area contributed by atoms with Crippen LogP contribution in [-0.4, -0.2) is 9.91 Å². The quantitative estimate of drug-likeness (QED) is 0.633. The molecule has 2 rings (SSSR count). The van der Waals surface area contributed by atoms with Crippen molar-refractivity contribution in [2.24, 2.45) is 0 Å². The van der Waals surface area contributed by atoms with Crippen molar-refractivity contribution in [3.63, 3.8) is 0 Å². The van der Waals surface area contributed by atoms with E-state index in [2.05, 4.69) is 4.98 Å². The number of nitrogens with zero attached hydrogens (tertiary/aromatic N) is 3. The van der Waals surface area contributed by atoms with Gasteiger partial charge in [-0.2, -0.15) is 5.26 Å². The van der Waals surface area contributed by atoms with Crippen molar-refractivity contribution in [3.05, 3.63) is 57.2 Å². The lowest BCUT2D eigenvalue weighted by Crippen LogP contribution is -1.95. The predicted molar refractivity (Wildman–Crippen MR) is 67.1 cm³/mol. The average Bonchev–Trinajstić information content (AvgIpc) is 2.41. The van der Waals surface area contributed by atoms with E-state index in [0.717, 1.165) is 0 Å². The average molecular weight is 276 g/mol. The molecule has 1 aromatic heterocycles. The number of nitriles is 1. The summed E-state index contributed by atoms with van der Waals surface area (Å²) in [5.74, 6) is 0.0431. The second-order valence-corrected chi connectivity index (χ2v) is 3.85. The number of nitro groups is 1. The molecule has 1 aromatic carbocycles. The van der Waals surface area contributed by atoms with Crippen molar-refractivity contribution in [1.82, 2.24) is 4.98 Å². The van der Waals surface area contributed by atoms with Crippen LogP contribution in [0.1, 0.15) is 5.56 Å². The van der Waals surface area contributed by atoms with Crippen LogP contribution in [-0.2, 0) is 0 Å². The van der Waals surface area contributed by atoms with E-state index in [0.29, 0.717) is 5.56 Å². The fraction of sp³-hybridized carbons (Fsp3) is 0. The highest BCUT2D eigenvalue weighted by Crippen LogP contribution is 2.33. The SMILES string of the molecule is N#Cc1ccc(Oc2ncccc2[N+](=O)[O-])c(Cl)c1. The maximum Gasteiger partial charge on any atom is 0.331 e. The van der Waals surface area contributed by atoms with Crippen LogP contribution in [0, 0.1) is 21.4 Å². The van der Waals surface area contributed by atoms with E-state index in [4.69, 9.17) is 21.6 Å². The van der Waals surface area contributed by atoms with Gasteiger partial charge in [-0.1, -0.05) is 11.6 Å². The van der Waals surface area contributed by atoms with Crippen LogP contribution in [0.3, 0.4) is 0 Å². The monoisotopic (exact) mass is 275 g/mol. The molecule has 0 saturated heterocycles. The smallest absolute Gasteiger partial charge is 0.331 e. The Morgan fingerprint density at radius 3 is 2.84 bits per heavy atom. The molecule has 0 bridgehead atoms. The lowest BCUT2D eigenvalue weighted by Gasteiger charge is -2.06. The third-order valence-electron chi connectivity index (χ3n) is 2.22. The van der Waals surface area contributed by atoms with Crippen LogP contribution in [0.4, 0.5) is 5.69 Å². The van der Waals surface area contributed by atoms with Gasteiger partial charge < -0.3 is 4.74 Å². The standard InChI is InChI=1S/C12H6ClN3O3/c13-9-6-8(7-14)3-4-11(9)19-12-10(16(17)18)2-1-5-15-12/h1-6H. The number of aromatic nitrogens is 1. The van der Waals surface area contributed by atoms with E-state index >= 15 is 0 Å². The highest BCUT2D eigenvalue weighted by molar-refractivity contribution is 6.32. The molecule has 0 unspecified atom stereocenters. The molecule has 19 heavy (non-hydrogen) atoms. The molecule has 0 aliphatic heterocycles. The highest BCUT2D eigenvalue weighted by Gasteiger charge is 2.17. The zero-order valence-electron chi connectivity index (χ0n) is 9.41. The number of pyridine rings is 1. The summed E-state index contributed by atoms with van der Waals surface area (Å²) in [7, 11) is 0. The third kappa shape index (κ3) is 2.78. The third-order valence-corrected chi connectivity index (χ3v) is 2.51. The fourth-order valence-corrected chi connectivity index (χ4v) is 1.58. The first kappa shape index (κ1) is 12.8. The van der Waals surface area contributed by atoms with E-state index in [1.54, 1.807) is 0 Å². The Morgan fingerprint density at radius 1 is 1.42 bits per heavy atom. The van der Waals surface area contributed by atoms with Crippen molar-refractivity contribution < 1.29 is 9.66 Å². The molecule has 94 valence electrons. The van der Waals surface area contributed by atoms with Gasteiger partial charge in [0.1, 0.15) is 5.75 Å². The largest absolute Gasteiger partial charge is 0.432 e. The molecular weight excluding hydrogens is 270 g/mol. The molecule has 1 heterocycles. The maximum atomic E-state index is 10.8. The lowest BCUT2D eigenvalue weighted by atomic mass is 10.2. The molecule has 0 spiro atoms. The molecule has 0 aliphatic carbocycles. The molecule has 0 amide bonds. The number of hydrogen-bond acceptors (Lipinski definition) is 5. The zero-order valence-corrected chi connectivity index (χ0v) is 10.2. The van der Waals surface area contributed by atoms with Crippen LogP contribution in [0.5, 0.6) is 11.6 Å². The van der Waals surface area contributed by atoms with E-state index in [-0.39, 0.29) is 22.3 Å². The van der Waals surface area contributed by atoms with Crippen LogP contribution in [0.15, 0.2) is 36.5 Å². The first-order chi connectivity index (χ1) is 9.11. The maximum absolute atomic E-state index is 10.8. The van der Waals surface area contributed by atoms with Gasteiger partial charge in [-0.25, -0.2) is 4.98 Å². The van der Waals surface area contributed by atoms with Gasteiger partial charge >= 0.3 is 5.69 Å². The van der Waals surface area contributed by atoms with Gasteiger partial charge in [-0.3, -0.25) is 10.1 Å². The zero-order chi connectivity index (χ0) is 13.8. The Labute approximate surface area is 113 Å². The van der Waals surface area contributed by atoms with Gasteiger partial charge in [0.2, 0.25) is 0 Å². The van der Waals surface area contributed by atoms with Crippen LogP contribution < -0.4 is 4.74 Å². The lowest BCUT2D eigenvalue weighted by molar-refractivity contribution is -0.386. The molecular formula is C12H6ClN3O3. The van der Waals surface area contributed by atoms with E-state index < -0.39 is 4.92 Å². The fourth-order valence-electron chi connectivity index (χ4n) is 1.36.